The van der Waals surface area contributed by atoms with Crippen molar-refractivity contribution in [3.8, 4) is 0 Å². The van der Waals surface area contributed by atoms with Crippen LogP contribution in [-0.2, 0) is 16.8 Å². The van der Waals surface area contributed by atoms with Crippen LogP contribution in [0.5, 0.6) is 0 Å². The van der Waals surface area contributed by atoms with Gasteiger partial charge in [0, 0.05) is 18.0 Å². The van der Waals surface area contributed by atoms with Gasteiger partial charge in [0.25, 0.3) is 5.56 Å². The zero-order valence-corrected chi connectivity index (χ0v) is 13.9. The van der Waals surface area contributed by atoms with Gasteiger partial charge in [0.1, 0.15) is 6.54 Å². The van der Waals surface area contributed by atoms with Gasteiger partial charge < -0.3 is 15.0 Å². The number of benzene rings is 1. The van der Waals surface area contributed by atoms with E-state index in [-0.39, 0.29) is 17.5 Å². The Morgan fingerprint density at radius 1 is 1.08 bits per heavy atom. The molecule has 2 N–H and O–H groups in total. The number of nitrogens with one attached hydrogen (secondary N) is 1. The van der Waals surface area contributed by atoms with Crippen molar-refractivity contribution in [2.45, 2.75) is 32.7 Å². The van der Waals surface area contributed by atoms with Crippen molar-refractivity contribution < 1.29 is 14.7 Å². The molecular formula is C18H20N2O4. The van der Waals surface area contributed by atoms with Gasteiger partial charge in [-0.2, -0.15) is 0 Å². The summed E-state index contributed by atoms with van der Waals surface area (Å²) in [6.45, 7) is 6.05. The minimum absolute atomic E-state index is 0.0210. The first-order chi connectivity index (χ1) is 11.2. The lowest BCUT2D eigenvalue weighted by atomic mass is 9.87. The molecule has 1 amide bonds. The minimum atomic E-state index is -1.15. The highest BCUT2D eigenvalue weighted by Crippen LogP contribution is 2.23. The first kappa shape index (κ1) is 17.5. The van der Waals surface area contributed by atoms with E-state index in [2.05, 4.69) is 26.1 Å². The van der Waals surface area contributed by atoms with E-state index in [0.717, 1.165) is 22.4 Å². The molecule has 6 heteroatoms. The predicted molar refractivity (Wildman–Crippen MR) is 91.4 cm³/mol. The minimum Gasteiger partial charge on any atom is -0.478 e. The van der Waals surface area contributed by atoms with Gasteiger partial charge in [-0.15, -0.1) is 0 Å². The van der Waals surface area contributed by atoms with Crippen molar-refractivity contribution in [1.29, 1.82) is 0 Å². The van der Waals surface area contributed by atoms with E-state index in [0.29, 0.717) is 5.69 Å². The number of carboxylic acids is 1. The summed E-state index contributed by atoms with van der Waals surface area (Å²) < 4.78 is 1.07. The van der Waals surface area contributed by atoms with E-state index in [4.69, 9.17) is 5.11 Å². The number of anilines is 1. The van der Waals surface area contributed by atoms with E-state index >= 15 is 0 Å². The monoisotopic (exact) mass is 328 g/mol. The number of hydrogen-bond acceptors (Lipinski definition) is 3. The summed E-state index contributed by atoms with van der Waals surface area (Å²) >= 11 is 0. The lowest BCUT2D eigenvalue weighted by Crippen LogP contribution is -2.27. The van der Waals surface area contributed by atoms with E-state index < -0.39 is 17.4 Å². The van der Waals surface area contributed by atoms with E-state index in [1.807, 2.05) is 12.1 Å². The van der Waals surface area contributed by atoms with E-state index in [9.17, 15) is 14.4 Å². The van der Waals surface area contributed by atoms with Crippen molar-refractivity contribution in [2.24, 2.45) is 0 Å². The quantitative estimate of drug-likeness (QED) is 0.902. The molecule has 0 radical (unpaired) electrons. The zero-order chi connectivity index (χ0) is 17.9. The molecule has 0 aliphatic carbocycles. The summed E-state index contributed by atoms with van der Waals surface area (Å²) in [4.78, 5) is 34.7. The lowest BCUT2D eigenvalue weighted by molar-refractivity contribution is -0.116. The number of nitrogens with zero attached hydrogens (tertiary/aromatic N) is 1. The first-order valence-corrected chi connectivity index (χ1v) is 7.51. The Bertz CT molecular complexity index is 814. The average molecular weight is 328 g/mol. The fraction of sp³-hybridized carbons (Fsp3) is 0.278. The van der Waals surface area contributed by atoms with Gasteiger partial charge >= 0.3 is 5.97 Å². The van der Waals surface area contributed by atoms with Crippen LogP contribution in [0.15, 0.2) is 47.4 Å². The molecule has 126 valence electrons. The predicted octanol–water partition coefficient (Wildman–Crippen LogP) is 2.48. The summed E-state index contributed by atoms with van der Waals surface area (Å²) in [6, 6.07) is 9.82. The average Bonchev–Trinajstić information content (AvgIpc) is 2.48. The Morgan fingerprint density at radius 3 is 2.25 bits per heavy atom. The maximum atomic E-state index is 12.1. The molecule has 0 bridgehead atoms. The van der Waals surface area contributed by atoms with Crippen molar-refractivity contribution in [1.82, 2.24) is 4.57 Å². The SMILES string of the molecule is CC(C)(C)c1ccc(NC(=O)Cn2cc(C(=O)O)ccc2=O)cc1. The summed E-state index contributed by atoms with van der Waals surface area (Å²) in [7, 11) is 0. The maximum Gasteiger partial charge on any atom is 0.337 e. The van der Waals surface area contributed by atoms with Crippen LogP contribution in [0.4, 0.5) is 5.69 Å². The Balaban J connectivity index is 2.10. The third-order valence-corrected chi connectivity index (χ3v) is 3.58. The van der Waals surface area contributed by atoms with Gasteiger partial charge in [0.05, 0.1) is 5.56 Å². The van der Waals surface area contributed by atoms with Crippen LogP contribution in [0.2, 0.25) is 0 Å². The molecular weight excluding hydrogens is 308 g/mol. The molecule has 1 heterocycles. The third kappa shape index (κ3) is 4.32. The number of aromatic nitrogens is 1. The molecule has 0 fully saturated rings. The van der Waals surface area contributed by atoms with Crippen molar-refractivity contribution in [2.75, 3.05) is 5.32 Å². The van der Waals surface area contributed by atoms with Crippen LogP contribution in [0.1, 0.15) is 36.7 Å². The van der Waals surface area contributed by atoms with Crippen LogP contribution in [0.3, 0.4) is 0 Å². The molecule has 24 heavy (non-hydrogen) atoms. The van der Waals surface area contributed by atoms with Crippen LogP contribution < -0.4 is 10.9 Å². The smallest absolute Gasteiger partial charge is 0.337 e. The zero-order valence-electron chi connectivity index (χ0n) is 13.9. The number of carbonyl (C=O) groups excluding carboxylic acids is 1. The highest BCUT2D eigenvalue weighted by Gasteiger charge is 2.13. The molecule has 2 rings (SSSR count). The summed E-state index contributed by atoms with van der Waals surface area (Å²) in [5.41, 5.74) is 1.31. The largest absolute Gasteiger partial charge is 0.478 e. The van der Waals surface area contributed by atoms with Crippen molar-refractivity contribution >= 4 is 17.6 Å². The summed E-state index contributed by atoms with van der Waals surface area (Å²) in [5, 5.41) is 11.6. The van der Waals surface area contributed by atoms with Gasteiger partial charge in [-0.05, 0) is 29.2 Å². The van der Waals surface area contributed by atoms with Gasteiger partial charge in [-0.25, -0.2) is 4.79 Å². The number of carbonyl (C=O) groups is 2. The fourth-order valence-corrected chi connectivity index (χ4v) is 2.19. The second-order valence-electron chi connectivity index (χ2n) is 6.56. The van der Waals surface area contributed by atoms with Crippen LogP contribution in [-0.4, -0.2) is 21.6 Å². The second-order valence-corrected chi connectivity index (χ2v) is 6.56. The first-order valence-electron chi connectivity index (χ1n) is 7.51. The molecule has 1 aromatic heterocycles. The lowest BCUT2D eigenvalue weighted by Gasteiger charge is -2.19. The summed E-state index contributed by atoms with van der Waals surface area (Å²) in [6.07, 6.45) is 1.16. The summed E-state index contributed by atoms with van der Waals surface area (Å²) in [5.74, 6) is -1.55. The molecule has 0 saturated heterocycles. The number of rotatable bonds is 4. The van der Waals surface area contributed by atoms with Crippen molar-refractivity contribution in [3.05, 3.63) is 64.1 Å². The van der Waals surface area contributed by atoms with Gasteiger partial charge in [-0.1, -0.05) is 32.9 Å². The number of pyridine rings is 1. The second kappa shape index (κ2) is 6.70. The molecule has 0 aliphatic rings. The van der Waals surface area contributed by atoms with Crippen molar-refractivity contribution in [3.63, 3.8) is 0 Å². The molecule has 0 unspecified atom stereocenters. The highest BCUT2D eigenvalue weighted by atomic mass is 16.4. The normalized spacial score (nSPS) is 11.1. The molecule has 0 spiro atoms. The molecule has 0 atom stereocenters. The van der Waals surface area contributed by atoms with E-state index in [1.54, 1.807) is 12.1 Å². The Hall–Kier alpha value is -2.89. The molecule has 6 nitrogen and oxygen atoms in total. The molecule has 1 aromatic carbocycles. The topological polar surface area (TPSA) is 88.4 Å². The fourth-order valence-electron chi connectivity index (χ4n) is 2.19. The molecule has 0 aliphatic heterocycles. The standard InChI is InChI=1S/C18H20N2O4/c1-18(2,3)13-5-7-14(8-6-13)19-15(21)11-20-10-12(17(23)24)4-9-16(20)22/h4-10H,11H2,1-3H3,(H,19,21)(H,23,24). The Morgan fingerprint density at radius 2 is 1.71 bits per heavy atom. The molecule has 0 saturated carbocycles. The molecule has 2 aromatic rings. The van der Waals surface area contributed by atoms with E-state index in [1.165, 1.54) is 6.07 Å². The van der Waals surface area contributed by atoms with Gasteiger partial charge in [0.15, 0.2) is 0 Å². The Kier molecular flexibility index (Phi) is 4.87. The third-order valence-electron chi connectivity index (χ3n) is 3.58. The number of hydrogen-bond donors (Lipinski definition) is 2. The number of carboxylic acid groups (broad SMARTS) is 1. The highest BCUT2D eigenvalue weighted by molar-refractivity contribution is 5.91. The Labute approximate surface area is 139 Å². The maximum absolute atomic E-state index is 12.1. The van der Waals surface area contributed by atoms with Crippen LogP contribution in [0.25, 0.3) is 0 Å². The van der Waals surface area contributed by atoms with Crippen LogP contribution >= 0.6 is 0 Å². The van der Waals surface area contributed by atoms with Gasteiger partial charge in [-0.3, -0.25) is 9.59 Å². The number of amides is 1. The number of aromatic carboxylic acids is 1. The van der Waals surface area contributed by atoms with Gasteiger partial charge in [0.2, 0.25) is 5.91 Å². The van der Waals surface area contributed by atoms with Crippen LogP contribution in [0, 0.1) is 0 Å².